The number of benzene rings is 1. The molecule has 3 nitrogen and oxygen atoms in total. The van der Waals surface area contributed by atoms with E-state index in [1.54, 1.807) is 37.3 Å². The lowest BCUT2D eigenvalue weighted by Crippen LogP contribution is -2.21. The second kappa shape index (κ2) is 6.68. The minimum Gasteiger partial charge on any atom is -0.463 e. The fourth-order valence-electron chi connectivity index (χ4n) is 2.15. The van der Waals surface area contributed by atoms with Crippen LogP contribution >= 0.6 is 0 Å². The third-order valence-corrected chi connectivity index (χ3v) is 3.09. The maximum absolute atomic E-state index is 13.0. The van der Waals surface area contributed by atoms with Crippen molar-refractivity contribution in [3.8, 4) is 0 Å². The van der Waals surface area contributed by atoms with Gasteiger partial charge in [-0.1, -0.05) is 30.3 Å². The summed E-state index contributed by atoms with van der Waals surface area (Å²) in [5.41, 5.74) is 0.724. The van der Waals surface area contributed by atoms with Crippen LogP contribution in [0.5, 0.6) is 0 Å². The first-order valence-corrected chi connectivity index (χ1v) is 6.79. The molecule has 6 heteroatoms. The molecule has 1 aliphatic rings. The van der Waals surface area contributed by atoms with Crippen LogP contribution in [-0.4, -0.2) is 18.8 Å². The van der Waals surface area contributed by atoms with Gasteiger partial charge in [0.2, 0.25) is 5.76 Å². The van der Waals surface area contributed by atoms with E-state index in [0.29, 0.717) is 0 Å². The van der Waals surface area contributed by atoms with Crippen LogP contribution in [0.1, 0.15) is 24.8 Å². The number of carbonyl (C=O) groups excluding carboxylic acids is 1. The van der Waals surface area contributed by atoms with Gasteiger partial charge in [0.05, 0.1) is 12.7 Å². The van der Waals surface area contributed by atoms with Crippen LogP contribution in [0.3, 0.4) is 0 Å². The van der Waals surface area contributed by atoms with Crippen molar-refractivity contribution in [2.45, 2.75) is 25.4 Å². The Kier molecular flexibility index (Phi) is 4.90. The Bertz CT molecular complexity index is 588. The molecule has 0 saturated carbocycles. The van der Waals surface area contributed by atoms with Crippen molar-refractivity contribution in [2.24, 2.45) is 0 Å². The predicted octanol–water partition coefficient (Wildman–Crippen LogP) is 4.08. The molecule has 1 heterocycles. The average Bonchev–Trinajstić information content (AvgIpc) is 2.47. The fourth-order valence-corrected chi connectivity index (χ4v) is 2.15. The van der Waals surface area contributed by atoms with E-state index < -0.39 is 23.8 Å². The molecular formula is C16H15F3O3. The fraction of sp³-hybridized carbons (Fsp3) is 0.312. The molecular weight excluding hydrogens is 297 g/mol. The summed E-state index contributed by atoms with van der Waals surface area (Å²) in [6.07, 6.45) is -2.43. The molecule has 22 heavy (non-hydrogen) atoms. The summed E-state index contributed by atoms with van der Waals surface area (Å²) >= 11 is 0. The van der Waals surface area contributed by atoms with Crippen LogP contribution in [0.15, 0.2) is 54.0 Å². The Hall–Kier alpha value is -2.24. The average molecular weight is 312 g/mol. The van der Waals surface area contributed by atoms with Gasteiger partial charge in [-0.05, 0) is 18.6 Å². The zero-order chi connectivity index (χ0) is 16.2. The number of ether oxygens (including phenoxy) is 2. The summed E-state index contributed by atoms with van der Waals surface area (Å²) < 4.78 is 48.4. The molecule has 1 atom stereocenters. The number of alkyl halides is 3. The van der Waals surface area contributed by atoms with Gasteiger partial charge < -0.3 is 9.47 Å². The molecule has 0 saturated heterocycles. The van der Waals surface area contributed by atoms with E-state index in [4.69, 9.17) is 9.47 Å². The van der Waals surface area contributed by atoms with Crippen molar-refractivity contribution in [2.75, 3.05) is 6.61 Å². The van der Waals surface area contributed by atoms with Gasteiger partial charge >= 0.3 is 12.1 Å². The first-order chi connectivity index (χ1) is 10.4. The molecule has 0 unspecified atom stereocenters. The summed E-state index contributed by atoms with van der Waals surface area (Å²) in [7, 11) is 0. The highest BCUT2D eigenvalue weighted by Crippen LogP contribution is 2.39. The number of hydrogen-bond acceptors (Lipinski definition) is 3. The predicted molar refractivity (Wildman–Crippen MR) is 73.7 cm³/mol. The lowest BCUT2D eigenvalue weighted by Gasteiger charge is -2.25. The van der Waals surface area contributed by atoms with E-state index in [2.05, 4.69) is 0 Å². The van der Waals surface area contributed by atoms with Gasteiger partial charge in [0.1, 0.15) is 5.76 Å². The minimum absolute atomic E-state index is 0.0536. The van der Waals surface area contributed by atoms with E-state index in [0.717, 1.165) is 17.7 Å². The van der Waals surface area contributed by atoms with Crippen LogP contribution in [-0.2, 0) is 14.3 Å². The molecule has 0 amide bonds. The topological polar surface area (TPSA) is 35.5 Å². The molecule has 1 aromatic rings. The van der Waals surface area contributed by atoms with E-state index >= 15 is 0 Å². The summed E-state index contributed by atoms with van der Waals surface area (Å²) in [6, 6.07) is 8.76. The minimum atomic E-state index is -4.61. The Morgan fingerprint density at radius 1 is 1.36 bits per heavy atom. The van der Waals surface area contributed by atoms with E-state index in [9.17, 15) is 18.0 Å². The second-order valence-corrected chi connectivity index (χ2v) is 4.71. The number of esters is 1. The zero-order valence-corrected chi connectivity index (χ0v) is 11.9. The van der Waals surface area contributed by atoms with Crippen LogP contribution in [0.2, 0.25) is 0 Å². The maximum Gasteiger partial charge on any atom is 0.449 e. The van der Waals surface area contributed by atoms with Crippen LogP contribution in [0.4, 0.5) is 13.2 Å². The van der Waals surface area contributed by atoms with Gasteiger partial charge in [-0.3, -0.25) is 0 Å². The van der Waals surface area contributed by atoms with Crippen LogP contribution < -0.4 is 0 Å². The molecule has 1 aromatic carbocycles. The molecule has 0 bridgehead atoms. The summed E-state index contributed by atoms with van der Waals surface area (Å²) in [4.78, 5) is 11.4. The molecule has 0 aliphatic carbocycles. The van der Waals surface area contributed by atoms with Crippen molar-refractivity contribution in [3.63, 3.8) is 0 Å². The van der Waals surface area contributed by atoms with E-state index in [-0.39, 0.29) is 18.8 Å². The number of allylic oxidation sites excluding steroid dienone is 3. The highest BCUT2D eigenvalue weighted by atomic mass is 19.4. The summed E-state index contributed by atoms with van der Waals surface area (Å²) in [6.45, 7) is 1.76. The van der Waals surface area contributed by atoms with Gasteiger partial charge in [-0.15, -0.1) is 0 Å². The van der Waals surface area contributed by atoms with Gasteiger partial charge in [0, 0.05) is 12.3 Å². The third kappa shape index (κ3) is 4.13. The zero-order valence-electron chi connectivity index (χ0n) is 11.9. The van der Waals surface area contributed by atoms with Crippen molar-refractivity contribution in [1.29, 1.82) is 0 Å². The Morgan fingerprint density at radius 2 is 2.05 bits per heavy atom. The number of carbonyl (C=O) groups is 1. The molecule has 0 fully saturated rings. The highest BCUT2D eigenvalue weighted by Gasteiger charge is 2.40. The third-order valence-electron chi connectivity index (χ3n) is 3.09. The lowest BCUT2D eigenvalue weighted by atomic mass is 9.92. The monoisotopic (exact) mass is 312 g/mol. The van der Waals surface area contributed by atoms with Crippen molar-refractivity contribution >= 4 is 5.97 Å². The van der Waals surface area contributed by atoms with Gasteiger partial charge in [0.15, 0.2) is 0 Å². The normalized spacial score (nSPS) is 20.3. The molecule has 0 N–H and O–H groups in total. The van der Waals surface area contributed by atoms with Crippen LogP contribution in [0.25, 0.3) is 0 Å². The molecule has 2 rings (SSSR count). The van der Waals surface area contributed by atoms with Gasteiger partial charge in [-0.2, -0.15) is 13.2 Å². The number of hydrogen-bond donors (Lipinski definition) is 0. The molecule has 118 valence electrons. The summed E-state index contributed by atoms with van der Waals surface area (Å²) in [5.74, 6) is -2.38. The smallest absolute Gasteiger partial charge is 0.449 e. The largest absolute Gasteiger partial charge is 0.463 e. The maximum atomic E-state index is 13.0. The lowest BCUT2D eigenvalue weighted by molar-refractivity contribution is -0.138. The van der Waals surface area contributed by atoms with Crippen molar-refractivity contribution in [1.82, 2.24) is 0 Å². The molecule has 0 aromatic heterocycles. The van der Waals surface area contributed by atoms with Crippen molar-refractivity contribution in [3.05, 3.63) is 59.6 Å². The van der Waals surface area contributed by atoms with Crippen LogP contribution in [0, 0.1) is 0 Å². The Morgan fingerprint density at radius 3 is 2.64 bits per heavy atom. The van der Waals surface area contributed by atoms with Gasteiger partial charge in [-0.25, -0.2) is 4.79 Å². The first kappa shape index (κ1) is 16.1. The second-order valence-electron chi connectivity index (χ2n) is 4.71. The number of rotatable bonds is 3. The highest BCUT2D eigenvalue weighted by molar-refractivity contribution is 5.82. The molecule has 0 spiro atoms. The van der Waals surface area contributed by atoms with E-state index in [1.165, 1.54) is 0 Å². The quantitative estimate of drug-likeness (QED) is 0.623. The van der Waals surface area contributed by atoms with Crippen molar-refractivity contribution < 1.29 is 27.4 Å². The van der Waals surface area contributed by atoms with Gasteiger partial charge in [0.25, 0.3) is 0 Å². The molecule has 1 aliphatic heterocycles. The molecule has 0 radical (unpaired) electrons. The Balaban J connectivity index is 2.32. The SMILES string of the molecule is CCOC(=O)/C=C1/C[C@H](c2ccccc2)C=C(C(F)(F)F)O1. The first-order valence-electron chi connectivity index (χ1n) is 6.79. The number of halogens is 3. The Labute approximate surface area is 126 Å². The summed E-state index contributed by atoms with van der Waals surface area (Å²) in [5, 5.41) is 0. The van der Waals surface area contributed by atoms with E-state index in [1.807, 2.05) is 0 Å². The standard InChI is InChI=1S/C16H15F3O3/c1-2-21-15(20)10-13-8-12(11-6-4-3-5-7-11)9-14(22-13)16(17,18)19/h3-7,9-10,12H,2,8H2,1H3/b13-10-/t12-/m0/s1.